The summed E-state index contributed by atoms with van der Waals surface area (Å²) in [6.07, 6.45) is 1.68. The molecule has 0 amide bonds. The molecule has 18 heavy (non-hydrogen) atoms. The zero-order chi connectivity index (χ0) is 13.1. The van der Waals surface area contributed by atoms with Gasteiger partial charge in [-0.2, -0.15) is 0 Å². The first-order chi connectivity index (χ1) is 8.71. The Labute approximate surface area is 105 Å². The predicted octanol–water partition coefficient (Wildman–Crippen LogP) is 1.89. The van der Waals surface area contributed by atoms with E-state index >= 15 is 0 Å². The minimum Gasteiger partial charge on any atom is -0.496 e. The maximum absolute atomic E-state index is 9.02. The monoisotopic (exact) mass is 248 g/mol. The van der Waals surface area contributed by atoms with Crippen molar-refractivity contribution in [3.63, 3.8) is 0 Å². The number of ether oxygens (including phenoxy) is 2. The lowest BCUT2D eigenvalue weighted by Crippen LogP contribution is -1.95. The molecular formula is C13H16N2O3. The Morgan fingerprint density at radius 1 is 1.28 bits per heavy atom. The third kappa shape index (κ3) is 2.04. The molecule has 1 aromatic carbocycles. The molecule has 2 rings (SSSR count). The first-order valence-electron chi connectivity index (χ1n) is 5.58. The van der Waals surface area contributed by atoms with Crippen molar-refractivity contribution in [1.82, 2.24) is 9.97 Å². The molecule has 2 N–H and O–H groups in total. The number of aromatic nitrogens is 2. The molecule has 1 heterocycles. The van der Waals surface area contributed by atoms with Crippen LogP contribution in [0.2, 0.25) is 0 Å². The average molecular weight is 248 g/mol. The Hall–Kier alpha value is -2.01. The lowest BCUT2D eigenvalue weighted by molar-refractivity contribution is 0.272. The Kier molecular flexibility index (Phi) is 3.53. The Morgan fingerprint density at radius 2 is 2.06 bits per heavy atom. The summed E-state index contributed by atoms with van der Waals surface area (Å²) in [6.45, 7) is 1.82. The van der Waals surface area contributed by atoms with E-state index in [1.807, 2.05) is 19.1 Å². The smallest absolute Gasteiger partial charge is 0.134 e. The second-order valence-electron chi connectivity index (χ2n) is 3.88. The van der Waals surface area contributed by atoms with Crippen molar-refractivity contribution < 1.29 is 14.6 Å². The van der Waals surface area contributed by atoms with Gasteiger partial charge in [0.1, 0.15) is 23.9 Å². The van der Waals surface area contributed by atoms with Crippen LogP contribution in [0.15, 0.2) is 18.3 Å². The van der Waals surface area contributed by atoms with Crippen molar-refractivity contribution >= 4 is 0 Å². The number of aliphatic hydroxyl groups excluding tert-OH is 1. The SMILES string of the molecule is COc1ccc(-c2cnc(CO)[nH]2)c(OC)c1C. The van der Waals surface area contributed by atoms with Crippen LogP contribution in [0.25, 0.3) is 11.3 Å². The fourth-order valence-corrected chi connectivity index (χ4v) is 1.95. The van der Waals surface area contributed by atoms with Gasteiger partial charge in [-0.1, -0.05) is 0 Å². The molecule has 0 bridgehead atoms. The number of imidazole rings is 1. The van der Waals surface area contributed by atoms with Gasteiger partial charge in [0.2, 0.25) is 0 Å². The Balaban J connectivity index is 2.53. The molecule has 0 unspecified atom stereocenters. The van der Waals surface area contributed by atoms with Gasteiger partial charge in [0.05, 0.1) is 26.1 Å². The van der Waals surface area contributed by atoms with Crippen LogP contribution in [-0.4, -0.2) is 29.3 Å². The summed E-state index contributed by atoms with van der Waals surface area (Å²) in [4.78, 5) is 7.10. The van der Waals surface area contributed by atoms with Gasteiger partial charge >= 0.3 is 0 Å². The molecule has 0 fully saturated rings. The number of nitrogens with one attached hydrogen (secondary N) is 1. The molecule has 1 aromatic heterocycles. The number of hydrogen-bond acceptors (Lipinski definition) is 4. The molecule has 0 aliphatic heterocycles. The third-order valence-corrected chi connectivity index (χ3v) is 2.85. The zero-order valence-electron chi connectivity index (χ0n) is 10.7. The molecule has 0 radical (unpaired) electrons. The number of rotatable bonds is 4. The highest BCUT2D eigenvalue weighted by Crippen LogP contribution is 2.36. The van der Waals surface area contributed by atoms with Crippen LogP contribution >= 0.6 is 0 Å². The summed E-state index contributed by atoms with van der Waals surface area (Å²) >= 11 is 0. The Morgan fingerprint density at radius 3 is 2.61 bits per heavy atom. The van der Waals surface area contributed by atoms with E-state index in [0.717, 1.165) is 28.3 Å². The van der Waals surface area contributed by atoms with Crippen molar-refractivity contribution in [3.8, 4) is 22.8 Å². The molecule has 0 aliphatic rings. The molecule has 2 aromatic rings. The number of hydrogen-bond donors (Lipinski definition) is 2. The van der Waals surface area contributed by atoms with Gasteiger partial charge in [-0.25, -0.2) is 4.98 Å². The van der Waals surface area contributed by atoms with Gasteiger partial charge < -0.3 is 19.6 Å². The normalized spacial score (nSPS) is 10.4. The standard InChI is InChI=1S/C13H16N2O3/c1-8-11(17-2)5-4-9(13(8)18-3)10-6-14-12(7-16)15-10/h4-6,16H,7H2,1-3H3,(H,14,15). The number of benzene rings is 1. The van der Waals surface area contributed by atoms with Crippen molar-refractivity contribution in [2.45, 2.75) is 13.5 Å². The van der Waals surface area contributed by atoms with E-state index in [2.05, 4.69) is 9.97 Å². The lowest BCUT2D eigenvalue weighted by atomic mass is 10.1. The van der Waals surface area contributed by atoms with Crippen LogP contribution in [0.5, 0.6) is 11.5 Å². The van der Waals surface area contributed by atoms with E-state index in [1.165, 1.54) is 0 Å². The van der Waals surface area contributed by atoms with Gasteiger partial charge in [-0.15, -0.1) is 0 Å². The van der Waals surface area contributed by atoms with Crippen LogP contribution in [0, 0.1) is 6.92 Å². The highest BCUT2D eigenvalue weighted by molar-refractivity contribution is 5.71. The lowest BCUT2D eigenvalue weighted by Gasteiger charge is -2.13. The molecular weight excluding hydrogens is 232 g/mol. The number of H-pyrrole nitrogens is 1. The quantitative estimate of drug-likeness (QED) is 0.867. The van der Waals surface area contributed by atoms with Crippen molar-refractivity contribution in [2.24, 2.45) is 0 Å². The first-order valence-corrected chi connectivity index (χ1v) is 5.58. The van der Waals surface area contributed by atoms with Gasteiger partial charge in [0.25, 0.3) is 0 Å². The van der Waals surface area contributed by atoms with Crippen LogP contribution in [0.4, 0.5) is 0 Å². The van der Waals surface area contributed by atoms with E-state index in [0.29, 0.717) is 5.82 Å². The van der Waals surface area contributed by atoms with E-state index in [1.54, 1.807) is 20.4 Å². The highest BCUT2D eigenvalue weighted by atomic mass is 16.5. The zero-order valence-corrected chi connectivity index (χ0v) is 10.7. The minimum atomic E-state index is -0.114. The van der Waals surface area contributed by atoms with Crippen LogP contribution in [0.1, 0.15) is 11.4 Å². The topological polar surface area (TPSA) is 67.4 Å². The molecule has 0 spiro atoms. The number of methoxy groups -OCH3 is 2. The Bertz CT molecular complexity index is 549. The summed E-state index contributed by atoms with van der Waals surface area (Å²) in [6, 6.07) is 3.78. The van der Waals surface area contributed by atoms with E-state index in [-0.39, 0.29) is 6.61 Å². The van der Waals surface area contributed by atoms with E-state index in [4.69, 9.17) is 14.6 Å². The molecule has 96 valence electrons. The predicted molar refractivity (Wildman–Crippen MR) is 67.8 cm³/mol. The molecule has 0 saturated heterocycles. The van der Waals surface area contributed by atoms with Gasteiger partial charge in [-0.3, -0.25) is 0 Å². The summed E-state index contributed by atoms with van der Waals surface area (Å²) in [5, 5.41) is 9.02. The summed E-state index contributed by atoms with van der Waals surface area (Å²) < 4.78 is 10.7. The first kappa shape index (κ1) is 12.4. The van der Waals surface area contributed by atoms with E-state index < -0.39 is 0 Å². The van der Waals surface area contributed by atoms with Crippen LogP contribution < -0.4 is 9.47 Å². The van der Waals surface area contributed by atoms with Crippen LogP contribution in [0.3, 0.4) is 0 Å². The second kappa shape index (κ2) is 5.10. The van der Waals surface area contributed by atoms with Crippen molar-refractivity contribution in [1.29, 1.82) is 0 Å². The summed E-state index contributed by atoms with van der Waals surface area (Å²) in [7, 11) is 3.25. The summed E-state index contributed by atoms with van der Waals surface area (Å²) in [5.74, 6) is 2.04. The fourth-order valence-electron chi connectivity index (χ4n) is 1.95. The molecule has 0 saturated carbocycles. The van der Waals surface area contributed by atoms with Gasteiger partial charge in [0.15, 0.2) is 0 Å². The van der Waals surface area contributed by atoms with E-state index in [9.17, 15) is 0 Å². The maximum atomic E-state index is 9.02. The van der Waals surface area contributed by atoms with Crippen molar-refractivity contribution in [2.75, 3.05) is 14.2 Å². The number of aliphatic hydroxyl groups is 1. The minimum absolute atomic E-state index is 0.114. The summed E-state index contributed by atoms with van der Waals surface area (Å²) in [5.41, 5.74) is 2.63. The molecule has 0 atom stereocenters. The molecule has 5 heteroatoms. The number of nitrogens with zero attached hydrogens (tertiary/aromatic N) is 1. The fraction of sp³-hybridized carbons (Fsp3) is 0.308. The van der Waals surface area contributed by atoms with Crippen LogP contribution in [-0.2, 0) is 6.61 Å². The largest absolute Gasteiger partial charge is 0.496 e. The number of aromatic amines is 1. The van der Waals surface area contributed by atoms with Crippen molar-refractivity contribution in [3.05, 3.63) is 29.7 Å². The average Bonchev–Trinajstić information content (AvgIpc) is 2.87. The maximum Gasteiger partial charge on any atom is 0.134 e. The second-order valence-corrected chi connectivity index (χ2v) is 3.88. The molecule has 5 nitrogen and oxygen atoms in total. The third-order valence-electron chi connectivity index (χ3n) is 2.85. The molecule has 0 aliphatic carbocycles. The highest BCUT2D eigenvalue weighted by Gasteiger charge is 2.14. The van der Waals surface area contributed by atoms with Gasteiger partial charge in [-0.05, 0) is 19.1 Å². The van der Waals surface area contributed by atoms with Gasteiger partial charge in [0, 0.05) is 11.1 Å².